The van der Waals surface area contributed by atoms with Gasteiger partial charge in [0.05, 0.1) is 7.11 Å². The van der Waals surface area contributed by atoms with E-state index in [9.17, 15) is 18.4 Å². The molecule has 132 valence electrons. The molecule has 0 spiro atoms. The highest BCUT2D eigenvalue weighted by atomic mass is 19.2. The molecule has 2 rings (SSSR count). The zero-order chi connectivity index (χ0) is 18.2. The number of amides is 2. The van der Waals surface area contributed by atoms with Crippen molar-refractivity contribution < 1.29 is 23.1 Å². The first-order valence-corrected chi connectivity index (χ1v) is 7.62. The molecule has 2 aromatic carbocycles. The Hall–Kier alpha value is -2.96. The first-order valence-electron chi connectivity index (χ1n) is 7.62. The van der Waals surface area contributed by atoms with Crippen molar-refractivity contribution in [1.29, 1.82) is 0 Å². The van der Waals surface area contributed by atoms with E-state index < -0.39 is 29.9 Å². The number of rotatable bonds is 7. The summed E-state index contributed by atoms with van der Waals surface area (Å²) in [5, 5.41) is 4.97. The van der Waals surface area contributed by atoms with Crippen LogP contribution in [0.5, 0.6) is 5.75 Å². The van der Waals surface area contributed by atoms with E-state index in [0.717, 1.165) is 23.4 Å². The standard InChI is InChI=1S/C18H18F2N2O3/c1-25-14-5-2-12(3-6-14)8-9-21-17(23)11-18(24)22-13-4-7-15(19)16(20)10-13/h2-7,10H,8-9,11H2,1H3,(H,21,23)(H,22,24). The zero-order valence-corrected chi connectivity index (χ0v) is 13.6. The van der Waals surface area contributed by atoms with E-state index in [2.05, 4.69) is 10.6 Å². The highest BCUT2D eigenvalue weighted by Crippen LogP contribution is 2.13. The van der Waals surface area contributed by atoms with Gasteiger partial charge in [-0.25, -0.2) is 8.78 Å². The van der Waals surface area contributed by atoms with Crippen LogP contribution in [0, 0.1) is 11.6 Å². The number of anilines is 1. The summed E-state index contributed by atoms with van der Waals surface area (Å²) >= 11 is 0. The number of ether oxygens (including phenoxy) is 1. The second kappa shape index (κ2) is 8.77. The molecule has 2 N–H and O–H groups in total. The van der Waals surface area contributed by atoms with Gasteiger partial charge >= 0.3 is 0 Å². The maximum Gasteiger partial charge on any atom is 0.233 e. The Morgan fingerprint density at radius 3 is 2.36 bits per heavy atom. The molecule has 0 atom stereocenters. The molecule has 0 aliphatic rings. The molecule has 2 aromatic rings. The molecule has 0 radical (unpaired) electrons. The number of halogens is 2. The van der Waals surface area contributed by atoms with Crippen LogP contribution in [0.1, 0.15) is 12.0 Å². The molecule has 5 nitrogen and oxygen atoms in total. The number of hydrogen-bond donors (Lipinski definition) is 2. The first-order chi connectivity index (χ1) is 12.0. The summed E-state index contributed by atoms with van der Waals surface area (Å²) in [6.07, 6.45) is 0.210. The maximum atomic E-state index is 13.1. The minimum absolute atomic E-state index is 0.0925. The Bertz CT molecular complexity index is 748. The number of nitrogens with one attached hydrogen (secondary N) is 2. The van der Waals surface area contributed by atoms with Gasteiger partial charge in [0, 0.05) is 18.3 Å². The molecule has 0 saturated carbocycles. The van der Waals surface area contributed by atoms with Crippen LogP contribution in [0.4, 0.5) is 14.5 Å². The number of benzene rings is 2. The Balaban J connectivity index is 1.73. The van der Waals surface area contributed by atoms with Crippen LogP contribution in [-0.2, 0) is 16.0 Å². The minimum Gasteiger partial charge on any atom is -0.497 e. The predicted molar refractivity (Wildman–Crippen MR) is 89.3 cm³/mol. The van der Waals surface area contributed by atoms with Crippen LogP contribution < -0.4 is 15.4 Å². The molecule has 0 bridgehead atoms. The summed E-state index contributed by atoms with van der Waals surface area (Å²) in [5.41, 5.74) is 1.11. The molecule has 0 aliphatic heterocycles. The largest absolute Gasteiger partial charge is 0.497 e. The average Bonchev–Trinajstić information content (AvgIpc) is 2.58. The van der Waals surface area contributed by atoms with Gasteiger partial charge in [-0.3, -0.25) is 9.59 Å². The van der Waals surface area contributed by atoms with Crippen molar-refractivity contribution in [2.45, 2.75) is 12.8 Å². The Morgan fingerprint density at radius 2 is 1.72 bits per heavy atom. The number of carbonyl (C=O) groups is 2. The average molecular weight is 348 g/mol. The van der Waals surface area contributed by atoms with E-state index in [0.29, 0.717) is 13.0 Å². The van der Waals surface area contributed by atoms with E-state index in [1.54, 1.807) is 7.11 Å². The molecule has 0 fully saturated rings. The molecule has 2 amide bonds. The van der Waals surface area contributed by atoms with Crippen molar-refractivity contribution in [2.24, 2.45) is 0 Å². The van der Waals surface area contributed by atoms with Crippen molar-refractivity contribution in [2.75, 3.05) is 19.0 Å². The summed E-state index contributed by atoms with van der Waals surface area (Å²) in [5.74, 6) is -2.38. The van der Waals surface area contributed by atoms with Gasteiger partial charge in [0.25, 0.3) is 0 Å². The smallest absolute Gasteiger partial charge is 0.233 e. The normalized spacial score (nSPS) is 10.2. The van der Waals surface area contributed by atoms with E-state index in [1.165, 1.54) is 6.07 Å². The predicted octanol–water partition coefficient (Wildman–Crippen LogP) is 2.66. The van der Waals surface area contributed by atoms with Gasteiger partial charge in [0.2, 0.25) is 11.8 Å². The van der Waals surface area contributed by atoms with Gasteiger partial charge in [-0.05, 0) is 36.2 Å². The molecule has 25 heavy (non-hydrogen) atoms. The van der Waals surface area contributed by atoms with Gasteiger partial charge in [0.1, 0.15) is 12.2 Å². The third kappa shape index (κ3) is 5.87. The van der Waals surface area contributed by atoms with Crippen molar-refractivity contribution in [1.82, 2.24) is 5.32 Å². The van der Waals surface area contributed by atoms with E-state index in [1.807, 2.05) is 24.3 Å². The fourth-order valence-corrected chi connectivity index (χ4v) is 2.13. The minimum atomic E-state index is -1.07. The highest BCUT2D eigenvalue weighted by molar-refractivity contribution is 6.03. The molecule has 0 unspecified atom stereocenters. The maximum absolute atomic E-state index is 13.1. The Morgan fingerprint density at radius 1 is 1.00 bits per heavy atom. The van der Waals surface area contributed by atoms with Crippen molar-refractivity contribution >= 4 is 17.5 Å². The van der Waals surface area contributed by atoms with Crippen LogP contribution >= 0.6 is 0 Å². The SMILES string of the molecule is COc1ccc(CCNC(=O)CC(=O)Nc2ccc(F)c(F)c2)cc1. The van der Waals surface area contributed by atoms with Gasteiger partial charge in [-0.2, -0.15) is 0 Å². The van der Waals surface area contributed by atoms with Crippen LogP contribution in [0.2, 0.25) is 0 Å². The molecule has 0 aromatic heterocycles. The molecular weight excluding hydrogens is 330 g/mol. The van der Waals surface area contributed by atoms with Crippen LogP contribution in [0.25, 0.3) is 0 Å². The summed E-state index contributed by atoms with van der Waals surface area (Å²) < 4.78 is 30.9. The lowest BCUT2D eigenvalue weighted by atomic mass is 10.1. The van der Waals surface area contributed by atoms with Gasteiger partial charge in [-0.15, -0.1) is 0 Å². The monoisotopic (exact) mass is 348 g/mol. The summed E-state index contributed by atoms with van der Waals surface area (Å²) in [6.45, 7) is 0.379. The third-order valence-corrected chi connectivity index (χ3v) is 3.42. The molecule has 0 heterocycles. The molecule has 0 saturated heterocycles. The van der Waals surface area contributed by atoms with Gasteiger partial charge in [0.15, 0.2) is 11.6 Å². The molecule has 7 heteroatoms. The van der Waals surface area contributed by atoms with Crippen molar-refractivity contribution in [3.63, 3.8) is 0 Å². The van der Waals surface area contributed by atoms with E-state index in [-0.39, 0.29) is 5.69 Å². The highest BCUT2D eigenvalue weighted by Gasteiger charge is 2.10. The number of hydrogen-bond acceptors (Lipinski definition) is 3. The zero-order valence-electron chi connectivity index (χ0n) is 13.6. The van der Waals surface area contributed by atoms with Gasteiger partial charge < -0.3 is 15.4 Å². The fraction of sp³-hybridized carbons (Fsp3) is 0.222. The van der Waals surface area contributed by atoms with Crippen LogP contribution in [0.15, 0.2) is 42.5 Å². The Kier molecular flexibility index (Phi) is 6.45. The fourth-order valence-electron chi connectivity index (χ4n) is 2.13. The van der Waals surface area contributed by atoms with E-state index in [4.69, 9.17) is 4.74 Å². The topological polar surface area (TPSA) is 67.4 Å². The quantitative estimate of drug-likeness (QED) is 0.756. The third-order valence-electron chi connectivity index (χ3n) is 3.42. The summed E-state index contributed by atoms with van der Waals surface area (Å²) in [4.78, 5) is 23.5. The molecular formula is C18H18F2N2O3. The summed E-state index contributed by atoms with van der Waals surface area (Å²) in [7, 11) is 1.58. The first kappa shape index (κ1) is 18.4. The lowest BCUT2D eigenvalue weighted by molar-refractivity contribution is -0.126. The lowest BCUT2D eigenvalue weighted by Gasteiger charge is -2.07. The number of carbonyl (C=O) groups excluding carboxylic acids is 2. The second-order valence-corrected chi connectivity index (χ2v) is 5.30. The van der Waals surface area contributed by atoms with E-state index >= 15 is 0 Å². The van der Waals surface area contributed by atoms with Crippen molar-refractivity contribution in [3.05, 3.63) is 59.7 Å². The summed E-state index contributed by atoms with van der Waals surface area (Å²) in [6, 6.07) is 10.4. The Labute approximate surface area is 144 Å². The van der Waals surface area contributed by atoms with Gasteiger partial charge in [-0.1, -0.05) is 12.1 Å². The number of methoxy groups -OCH3 is 1. The second-order valence-electron chi connectivity index (χ2n) is 5.30. The molecule has 0 aliphatic carbocycles. The van der Waals surface area contributed by atoms with Crippen LogP contribution in [-0.4, -0.2) is 25.5 Å². The van der Waals surface area contributed by atoms with Crippen LogP contribution in [0.3, 0.4) is 0 Å². The van der Waals surface area contributed by atoms with Crippen molar-refractivity contribution in [3.8, 4) is 5.75 Å². The lowest BCUT2D eigenvalue weighted by Crippen LogP contribution is -2.29.